The number of aliphatic hydroxyl groups is 2. The van der Waals surface area contributed by atoms with Crippen molar-refractivity contribution in [2.75, 3.05) is 0 Å². The fraction of sp³-hybridized carbons (Fsp3) is 0.400. The van der Waals surface area contributed by atoms with Crippen molar-refractivity contribution >= 4 is 34.9 Å². The first kappa shape index (κ1) is 8.29. The molecule has 1 aromatic heterocycles. The molecule has 0 radical (unpaired) electrons. The lowest BCUT2D eigenvalue weighted by Crippen LogP contribution is -1.83. The second-order valence-electron chi connectivity index (χ2n) is 1.62. The summed E-state index contributed by atoms with van der Waals surface area (Å²) in [5, 5.41) is 17.4. The lowest BCUT2D eigenvalue weighted by Gasteiger charge is -1.90. The van der Waals surface area contributed by atoms with Gasteiger partial charge in [-0.05, 0) is 0 Å². The molecule has 0 saturated heterocycles. The molecular weight excluding hydrogens is 188 g/mol. The Labute approximate surface area is 71.4 Å². The van der Waals surface area contributed by atoms with Crippen LogP contribution in [0.25, 0.3) is 0 Å². The minimum Gasteiger partial charge on any atom is -0.391 e. The Kier molecular flexibility index (Phi) is 2.94. The summed E-state index contributed by atoms with van der Waals surface area (Å²) in [5.74, 6) is 0. The molecule has 5 heteroatoms. The molecule has 0 aromatic carbocycles. The molecule has 10 heavy (non-hydrogen) atoms. The van der Waals surface area contributed by atoms with E-state index in [9.17, 15) is 0 Å². The van der Waals surface area contributed by atoms with Crippen molar-refractivity contribution in [2.24, 2.45) is 0 Å². The maximum absolute atomic E-state index is 8.72. The molecule has 0 aliphatic heterocycles. The number of hydrogen-bond donors (Lipinski definition) is 2. The first-order chi connectivity index (χ1) is 4.77. The lowest BCUT2D eigenvalue weighted by molar-refractivity contribution is 0.266. The fourth-order valence-electron chi connectivity index (χ4n) is 0.577. The molecular formula is C5H6O2S3. The highest BCUT2D eigenvalue weighted by Gasteiger charge is 2.03. The van der Waals surface area contributed by atoms with Gasteiger partial charge in [0.05, 0.1) is 13.2 Å². The Hall–Kier alpha value is 0.190. The van der Waals surface area contributed by atoms with Crippen LogP contribution in [0, 0.1) is 3.14 Å². The molecule has 0 bridgehead atoms. The van der Waals surface area contributed by atoms with Gasteiger partial charge in [0.2, 0.25) is 0 Å². The summed E-state index contributed by atoms with van der Waals surface area (Å²) < 4.78 is 0.758. The third-order valence-corrected chi connectivity index (χ3v) is 3.72. The molecule has 0 amide bonds. The first-order valence-electron chi connectivity index (χ1n) is 2.61. The fourth-order valence-corrected chi connectivity index (χ4v) is 3.09. The molecule has 1 heterocycles. The van der Waals surface area contributed by atoms with Crippen molar-refractivity contribution in [1.82, 2.24) is 0 Å². The Morgan fingerprint density at radius 3 is 1.80 bits per heavy atom. The number of hydrogen-bond acceptors (Lipinski definition) is 5. The van der Waals surface area contributed by atoms with Crippen LogP contribution in [0.3, 0.4) is 0 Å². The lowest BCUT2D eigenvalue weighted by atomic mass is 10.4. The van der Waals surface area contributed by atoms with Crippen LogP contribution < -0.4 is 0 Å². The molecule has 0 unspecified atom stereocenters. The highest BCUT2D eigenvalue weighted by molar-refractivity contribution is 7.76. The van der Waals surface area contributed by atoms with Crippen molar-refractivity contribution in [2.45, 2.75) is 13.2 Å². The van der Waals surface area contributed by atoms with Crippen LogP contribution in [0.5, 0.6) is 0 Å². The normalized spacial score (nSPS) is 10.2. The zero-order valence-corrected chi connectivity index (χ0v) is 7.48. The molecule has 0 fully saturated rings. The average molecular weight is 194 g/mol. The zero-order valence-electron chi connectivity index (χ0n) is 5.03. The summed E-state index contributed by atoms with van der Waals surface area (Å²) in [7, 11) is 0. The van der Waals surface area contributed by atoms with E-state index >= 15 is 0 Å². The standard InChI is InChI=1S/C5H6O2S3/c6-1-3-4(2-7)10-5(8)9-3/h6-7H,1-2H2. The van der Waals surface area contributed by atoms with E-state index in [1.807, 2.05) is 0 Å². The molecule has 2 N–H and O–H groups in total. The monoisotopic (exact) mass is 194 g/mol. The smallest absolute Gasteiger partial charge is 0.144 e. The molecule has 56 valence electrons. The van der Waals surface area contributed by atoms with Gasteiger partial charge < -0.3 is 10.2 Å². The Morgan fingerprint density at radius 1 is 1.10 bits per heavy atom. The van der Waals surface area contributed by atoms with Crippen molar-refractivity contribution in [3.63, 3.8) is 0 Å². The van der Waals surface area contributed by atoms with Crippen molar-refractivity contribution in [3.05, 3.63) is 12.9 Å². The molecule has 1 rings (SSSR count). The molecule has 0 atom stereocenters. The van der Waals surface area contributed by atoms with Gasteiger partial charge in [-0.15, -0.1) is 22.7 Å². The first-order valence-corrected chi connectivity index (χ1v) is 4.65. The Bertz CT molecular complexity index is 238. The van der Waals surface area contributed by atoms with E-state index in [0.717, 1.165) is 12.9 Å². The third-order valence-electron chi connectivity index (χ3n) is 1.01. The number of aliphatic hydroxyl groups excluding tert-OH is 2. The summed E-state index contributed by atoms with van der Waals surface area (Å²) in [6, 6.07) is 0. The van der Waals surface area contributed by atoms with Crippen LogP contribution in [0.1, 0.15) is 9.75 Å². The summed E-state index contributed by atoms with van der Waals surface area (Å²) in [4.78, 5) is 1.58. The van der Waals surface area contributed by atoms with Gasteiger partial charge in [0.15, 0.2) is 0 Å². The van der Waals surface area contributed by atoms with Crippen LogP contribution in [0.2, 0.25) is 0 Å². The molecule has 0 spiro atoms. The van der Waals surface area contributed by atoms with Crippen molar-refractivity contribution < 1.29 is 10.2 Å². The SMILES string of the molecule is OCc1sc(=S)sc1CO. The van der Waals surface area contributed by atoms with Gasteiger partial charge in [-0.2, -0.15) is 0 Å². The second-order valence-corrected chi connectivity index (χ2v) is 5.01. The third kappa shape index (κ3) is 1.62. The highest BCUT2D eigenvalue weighted by Crippen LogP contribution is 2.24. The van der Waals surface area contributed by atoms with Gasteiger partial charge in [0.25, 0.3) is 0 Å². The maximum atomic E-state index is 8.72. The topological polar surface area (TPSA) is 40.5 Å². The Morgan fingerprint density at radius 2 is 1.50 bits per heavy atom. The van der Waals surface area contributed by atoms with E-state index < -0.39 is 0 Å². The van der Waals surface area contributed by atoms with Crippen LogP contribution >= 0.6 is 34.9 Å². The Balaban J connectivity index is 3.08. The van der Waals surface area contributed by atoms with Gasteiger partial charge in [0, 0.05) is 9.75 Å². The van der Waals surface area contributed by atoms with Crippen molar-refractivity contribution in [1.29, 1.82) is 0 Å². The minimum atomic E-state index is -0.0201. The van der Waals surface area contributed by atoms with Crippen LogP contribution in [-0.2, 0) is 13.2 Å². The van der Waals surface area contributed by atoms with Gasteiger partial charge in [0.1, 0.15) is 3.14 Å². The predicted molar refractivity (Wildman–Crippen MR) is 44.9 cm³/mol. The average Bonchev–Trinajstić information content (AvgIpc) is 2.30. The van der Waals surface area contributed by atoms with Crippen LogP contribution in [0.4, 0.5) is 0 Å². The molecule has 1 aromatic rings. The number of rotatable bonds is 2. The van der Waals surface area contributed by atoms with Gasteiger partial charge in [-0.25, -0.2) is 0 Å². The highest BCUT2D eigenvalue weighted by atomic mass is 32.2. The summed E-state index contributed by atoms with van der Waals surface area (Å²) in [5.41, 5.74) is 0. The zero-order chi connectivity index (χ0) is 7.56. The largest absolute Gasteiger partial charge is 0.391 e. The van der Waals surface area contributed by atoms with E-state index in [0.29, 0.717) is 0 Å². The van der Waals surface area contributed by atoms with E-state index in [4.69, 9.17) is 22.4 Å². The minimum absolute atomic E-state index is 0.0201. The van der Waals surface area contributed by atoms with E-state index in [-0.39, 0.29) is 13.2 Å². The summed E-state index contributed by atoms with van der Waals surface area (Å²) in [6.45, 7) is -0.0403. The van der Waals surface area contributed by atoms with E-state index in [1.165, 1.54) is 22.7 Å². The van der Waals surface area contributed by atoms with E-state index in [1.54, 1.807) is 0 Å². The van der Waals surface area contributed by atoms with E-state index in [2.05, 4.69) is 0 Å². The molecule has 2 nitrogen and oxygen atoms in total. The van der Waals surface area contributed by atoms with Crippen LogP contribution in [0.15, 0.2) is 0 Å². The molecule has 0 aliphatic carbocycles. The summed E-state index contributed by atoms with van der Waals surface area (Å²) >= 11 is 7.59. The summed E-state index contributed by atoms with van der Waals surface area (Å²) in [6.07, 6.45) is 0. The quantitative estimate of drug-likeness (QED) is 0.701. The predicted octanol–water partition coefficient (Wildman–Crippen LogP) is 1.52. The van der Waals surface area contributed by atoms with Crippen LogP contribution in [-0.4, -0.2) is 10.2 Å². The maximum Gasteiger partial charge on any atom is 0.144 e. The van der Waals surface area contributed by atoms with Gasteiger partial charge in [-0.1, -0.05) is 12.2 Å². The van der Waals surface area contributed by atoms with Gasteiger partial charge >= 0.3 is 0 Å². The molecule has 0 saturated carbocycles. The van der Waals surface area contributed by atoms with Gasteiger partial charge in [-0.3, -0.25) is 0 Å². The molecule has 0 aliphatic rings. The van der Waals surface area contributed by atoms with Crippen molar-refractivity contribution in [3.8, 4) is 0 Å². The second kappa shape index (κ2) is 3.54.